The molecule has 4 unspecified atom stereocenters. The van der Waals surface area contributed by atoms with Crippen LogP contribution in [0.2, 0.25) is 0 Å². The summed E-state index contributed by atoms with van der Waals surface area (Å²) in [4.78, 5) is 14.9. The molecule has 1 aromatic carbocycles. The van der Waals surface area contributed by atoms with E-state index in [1.165, 1.54) is 49.1 Å². The van der Waals surface area contributed by atoms with E-state index in [0.29, 0.717) is 23.7 Å². The van der Waals surface area contributed by atoms with Crippen molar-refractivity contribution in [3.63, 3.8) is 0 Å². The first-order valence-electron chi connectivity index (χ1n) is 20.8. The molecule has 4 fully saturated rings. The molecule has 6 aliphatic rings. The summed E-state index contributed by atoms with van der Waals surface area (Å²) in [6, 6.07) is 11.7. The Morgan fingerprint density at radius 2 is 1.02 bits per heavy atom. The molecule has 3 heterocycles. The van der Waals surface area contributed by atoms with Crippen molar-refractivity contribution in [2.24, 2.45) is 76.0 Å². The Hall–Kier alpha value is -1.42. The number of para-hydroxylation sites is 1. The second-order valence-electron chi connectivity index (χ2n) is 18.1. The minimum Gasteiger partial charge on any atom is -1.00 e. The molecule has 1 aromatic heterocycles. The Labute approximate surface area is 387 Å². The smallest absolute Gasteiger partial charge is 1.00 e. The van der Waals surface area contributed by atoms with Crippen molar-refractivity contribution in [3.05, 3.63) is 95.5 Å². The van der Waals surface area contributed by atoms with Crippen LogP contribution >= 0.6 is 0 Å². The third kappa shape index (κ3) is 13.3. The number of allylic oxidation sites excluding steroid dienone is 2. The predicted molar refractivity (Wildman–Crippen MR) is 242 cm³/mol. The van der Waals surface area contributed by atoms with Crippen LogP contribution in [0.1, 0.15) is 133 Å². The van der Waals surface area contributed by atoms with Crippen molar-refractivity contribution < 1.29 is 55.9 Å². The van der Waals surface area contributed by atoms with Crippen molar-refractivity contribution in [1.82, 2.24) is 4.57 Å². The zero-order valence-corrected chi connectivity index (χ0v) is 42.4. The summed E-state index contributed by atoms with van der Waals surface area (Å²) in [5, 5.41) is 0. The molecular formula is C51H84ClFe2N3O. The molecule has 7 heteroatoms. The van der Waals surface area contributed by atoms with Crippen LogP contribution < -0.4 is 17.0 Å². The van der Waals surface area contributed by atoms with Crippen LogP contribution in [0.4, 0.5) is 0 Å². The fraction of sp³-hybridized carbons (Fsp3) is 0.627. The summed E-state index contributed by atoms with van der Waals surface area (Å²) < 4.78 is 4.73. The second kappa shape index (κ2) is 26.8. The SMILES string of the molecule is CC1=CC(C=O)=NC2CCCC12.CC1=Cc2c[n+](-c3ccccc3)cn2C2CCCC12.CC1C(C)C(C)C(C)C1C.CC1C(C)C(C)C(C)C1C.[CH3-].[CH3-].[CH3-].[CH3-].[Cl-].[Fe+2].[Fe+2]. The number of nitrogens with zero attached hydrogens (tertiary/aromatic N) is 3. The van der Waals surface area contributed by atoms with E-state index in [0.717, 1.165) is 77.8 Å². The van der Waals surface area contributed by atoms with Crippen LogP contribution in [0, 0.1) is 101 Å². The number of aromatic nitrogens is 2. The van der Waals surface area contributed by atoms with Crippen molar-refractivity contribution in [2.45, 2.75) is 134 Å². The number of carbonyl (C=O) groups excluding carboxylic acids is 1. The summed E-state index contributed by atoms with van der Waals surface area (Å²) in [5.41, 5.74) is 6.13. The maximum atomic E-state index is 10.5. The molecular weight excluding hydrogens is 818 g/mol. The first-order chi connectivity index (χ1) is 24.2. The maximum absolute atomic E-state index is 10.5. The first kappa shape index (κ1) is 60.9. The Kier molecular flexibility index (Phi) is 28.1. The number of hydrogen-bond acceptors (Lipinski definition) is 2. The third-order valence-corrected chi connectivity index (χ3v) is 15.8. The number of imidazole rings is 1. The number of aliphatic imine (C=N–C) groups is 1. The minimum absolute atomic E-state index is 0. The van der Waals surface area contributed by atoms with E-state index in [4.69, 9.17) is 0 Å². The van der Waals surface area contributed by atoms with Crippen LogP contribution in [0.3, 0.4) is 0 Å². The molecule has 332 valence electrons. The van der Waals surface area contributed by atoms with Gasteiger partial charge in [-0.15, -0.1) is 0 Å². The molecule has 0 saturated heterocycles. The van der Waals surface area contributed by atoms with Gasteiger partial charge in [-0.3, -0.25) is 9.79 Å². The third-order valence-electron chi connectivity index (χ3n) is 15.8. The number of carbonyl (C=O) groups is 1. The first-order valence-corrected chi connectivity index (χ1v) is 20.8. The van der Waals surface area contributed by atoms with Gasteiger partial charge in [0.25, 0.3) is 0 Å². The number of benzene rings is 1. The number of aldehydes is 1. The molecule has 4 aliphatic carbocycles. The average molecular weight is 902 g/mol. The van der Waals surface area contributed by atoms with Gasteiger partial charge in [0, 0.05) is 11.8 Å². The van der Waals surface area contributed by atoms with Gasteiger partial charge >= 0.3 is 34.1 Å². The molecule has 2 aromatic rings. The zero-order chi connectivity index (χ0) is 37.1. The Morgan fingerprint density at radius 1 is 0.603 bits per heavy atom. The van der Waals surface area contributed by atoms with Gasteiger partial charge < -0.3 is 42.1 Å². The van der Waals surface area contributed by atoms with Gasteiger partial charge in [0.2, 0.25) is 6.33 Å². The Bertz CT molecular complexity index is 1450. The van der Waals surface area contributed by atoms with E-state index < -0.39 is 0 Å². The van der Waals surface area contributed by atoms with E-state index in [9.17, 15) is 4.79 Å². The van der Waals surface area contributed by atoms with Gasteiger partial charge in [0.1, 0.15) is 17.9 Å². The normalized spacial score (nSPS) is 34.2. The zero-order valence-electron chi connectivity index (χ0n) is 39.4. The largest absolute Gasteiger partial charge is 2.00 e. The van der Waals surface area contributed by atoms with Crippen molar-refractivity contribution >= 4 is 18.1 Å². The van der Waals surface area contributed by atoms with Crippen LogP contribution in [0.15, 0.2) is 65.1 Å². The summed E-state index contributed by atoms with van der Waals surface area (Å²) in [6.07, 6.45) is 17.4. The monoisotopic (exact) mass is 902 g/mol. The second-order valence-corrected chi connectivity index (χ2v) is 18.1. The standard InChI is InChI=1S/C17H19N2.C10H13NO.2C10H20.4CH3.ClH.2Fe/c1-13-10-15-11-18(14-6-3-2-4-7-14)12-19(15)17-9-5-8-16(13)17;1-7-5-8(6-12)11-10-4-2-3-9(7)10;2*1-6-7(2)9(4)10(5)8(6)3;;;;;;;/h2-4,6-7,10-12,16-17H,5,8-9H2,1H3;5-6,9-10H,2-4H2,1H3;2*6-10H,1-5H3;4*1H3;1H;;/q+1;;;;4*-1;;2*+2/p-1. The number of halogens is 1. The molecule has 8 rings (SSSR count). The minimum atomic E-state index is 0. The van der Waals surface area contributed by atoms with Gasteiger partial charge in [-0.2, -0.15) is 0 Å². The Balaban J connectivity index is -0.000000695. The van der Waals surface area contributed by atoms with Crippen LogP contribution in [0.25, 0.3) is 11.8 Å². The summed E-state index contributed by atoms with van der Waals surface area (Å²) in [7, 11) is 0. The molecule has 0 bridgehead atoms. The molecule has 4 nitrogen and oxygen atoms in total. The van der Waals surface area contributed by atoms with Crippen molar-refractivity contribution in [2.75, 3.05) is 0 Å². The molecule has 0 N–H and O–H groups in total. The van der Waals surface area contributed by atoms with Gasteiger partial charge in [0.15, 0.2) is 12.0 Å². The van der Waals surface area contributed by atoms with Crippen LogP contribution in [-0.2, 0) is 38.9 Å². The molecule has 4 atom stereocenters. The molecule has 58 heavy (non-hydrogen) atoms. The quantitative estimate of drug-likeness (QED) is 0.128. The predicted octanol–water partition coefficient (Wildman–Crippen LogP) is 10.4. The van der Waals surface area contributed by atoms with E-state index >= 15 is 0 Å². The summed E-state index contributed by atoms with van der Waals surface area (Å²) >= 11 is 0. The van der Waals surface area contributed by atoms with E-state index in [2.05, 4.69) is 146 Å². The maximum Gasteiger partial charge on any atom is 2.00 e. The van der Waals surface area contributed by atoms with Crippen LogP contribution in [-0.4, -0.2) is 22.6 Å². The van der Waals surface area contributed by atoms with Crippen molar-refractivity contribution in [3.8, 4) is 5.69 Å². The van der Waals surface area contributed by atoms with Gasteiger partial charge in [0.05, 0.1) is 11.8 Å². The fourth-order valence-electron chi connectivity index (χ4n) is 10.8. The molecule has 0 radical (unpaired) electrons. The summed E-state index contributed by atoms with van der Waals surface area (Å²) in [6.45, 7) is 28.4. The van der Waals surface area contributed by atoms with E-state index in [1.807, 2.05) is 6.08 Å². The van der Waals surface area contributed by atoms with Gasteiger partial charge in [-0.25, -0.2) is 9.13 Å². The molecule has 0 amide bonds. The van der Waals surface area contributed by atoms with Crippen molar-refractivity contribution in [1.29, 1.82) is 0 Å². The van der Waals surface area contributed by atoms with Gasteiger partial charge in [-0.05, 0) is 129 Å². The molecule has 4 saturated carbocycles. The number of hydrogen-bond donors (Lipinski definition) is 0. The number of rotatable bonds is 2. The molecule has 0 spiro atoms. The Morgan fingerprint density at radius 3 is 1.47 bits per heavy atom. The molecule has 2 aliphatic heterocycles. The number of fused-ring (bicyclic) bond motifs is 4. The van der Waals surface area contributed by atoms with E-state index in [-0.39, 0.29) is 76.3 Å². The summed E-state index contributed by atoms with van der Waals surface area (Å²) in [5.74, 6) is 10.8. The fourth-order valence-corrected chi connectivity index (χ4v) is 10.8. The van der Waals surface area contributed by atoms with E-state index in [1.54, 1.807) is 5.57 Å². The van der Waals surface area contributed by atoms with Crippen LogP contribution in [0.5, 0.6) is 0 Å². The van der Waals surface area contributed by atoms with Gasteiger partial charge in [-0.1, -0.05) is 105 Å². The topological polar surface area (TPSA) is 38.2 Å². The number of dihydropyridines is 1. The average Bonchev–Trinajstić information content (AvgIpc) is 3.97.